The molecule has 0 radical (unpaired) electrons. The maximum absolute atomic E-state index is 11.9. The summed E-state index contributed by atoms with van der Waals surface area (Å²) in [5.41, 5.74) is 4.64. The van der Waals surface area contributed by atoms with E-state index < -0.39 is 29.1 Å². The monoisotopic (exact) mass is 256 g/mol. The molecule has 88 valence electrons. The summed E-state index contributed by atoms with van der Waals surface area (Å²) in [5.74, 6) is -1.49. The van der Waals surface area contributed by atoms with E-state index >= 15 is 0 Å². The first-order valence-corrected chi connectivity index (χ1v) is 4.05. The van der Waals surface area contributed by atoms with E-state index in [4.69, 9.17) is 11.6 Å². The number of carbonyl (C=O) groups excluding carboxylic acids is 1. The quantitative estimate of drug-likeness (QED) is 0.822. The van der Waals surface area contributed by atoms with Crippen LogP contribution in [0, 0.1) is 0 Å². The van der Waals surface area contributed by atoms with Crippen molar-refractivity contribution in [2.24, 2.45) is 5.73 Å². The van der Waals surface area contributed by atoms with Crippen molar-refractivity contribution in [2.45, 2.75) is 6.36 Å². The lowest BCUT2D eigenvalue weighted by molar-refractivity contribution is -0.275. The van der Waals surface area contributed by atoms with Crippen LogP contribution in [0.4, 0.5) is 18.0 Å². The zero-order chi connectivity index (χ0) is 12.3. The standard InChI is InChI=1S/C7H4ClF3N2O3/c8-5-4(15-6(12)14)3(1-2-13-5)16-7(9,10)11/h1-2H,(H2,12,14). The summed E-state index contributed by atoms with van der Waals surface area (Å²) < 4.78 is 43.6. The fourth-order valence-electron chi connectivity index (χ4n) is 0.804. The van der Waals surface area contributed by atoms with Crippen molar-refractivity contribution in [3.63, 3.8) is 0 Å². The van der Waals surface area contributed by atoms with Crippen molar-refractivity contribution >= 4 is 17.7 Å². The molecule has 0 unspecified atom stereocenters. The van der Waals surface area contributed by atoms with E-state index in [1.54, 1.807) is 0 Å². The third-order valence-electron chi connectivity index (χ3n) is 1.25. The molecular formula is C7H4ClF3N2O3. The lowest BCUT2D eigenvalue weighted by Crippen LogP contribution is -2.21. The van der Waals surface area contributed by atoms with E-state index in [2.05, 4.69) is 20.2 Å². The van der Waals surface area contributed by atoms with Gasteiger partial charge in [0.1, 0.15) is 0 Å². The van der Waals surface area contributed by atoms with Gasteiger partial charge in [-0.15, -0.1) is 13.2 Å². The van der Waals surface area contributed by atoms with Crippen LogP contribution < -0.4 is 15.2 Å². The molecule has 0 atom stereocenters. The van der Waals surface area contributed by atoms with Crippen LogP contribution >= 0.6 is 11.6 Å². The molecule has 1 aromatic heterocycles. The SMILES string of the molecule is NC(=O)Oc1c(OC(F)(F)F)ccnc1Cl. The van der Waals surface area contributed by atoms with Gasteiger partial charge in [0.05, 0.1) is 0 Å². The first-order chi connectivity index (χ1) is 7.29. The molecule has 2 N–H and O–H groups in total. The average molecular weight is 257 g/mol. The molecule has 5 nitrogen and oxygen atoms in total. The van der Waals surface area contributed by atoms with Crippen molar-refractivity contribution < 1.29 is 27.4 Å². The predicted molar refractivity (Wildman–Crippen MR) is 46.1 cm³/mol. The third kappa shape index (κ3) is 3.46. The number of halogens is 4. The smallest absolute Gasteiger partial charge is 0.403 e. The number of carbonyl (C=O) groups is 1. The lowest BCUT2D eigenvalue weighted by Gasteiger charge is -2.12. The summed E-state index contributed by atoms with van der Waals surface area (Å²) >= 11 is 5.41. The van der Waals surface area contributed by atoms with Gasteiger partial charge >= 0.3 is 12.5 Å². The number of nitrogens with two attached hydrogens (primary N) is 1. The molecule has 16 heavy (non-hydrogen) atoms. The van der Waals surface area contributed by atoms with Gasteiger partial charge in [0.25, 0.3) is 0 Å². The molecule has 0 aliphatic carbocycles. The highest BCUT2D eigenvalue weighted by atomic mass is 35.5. The predicted octanol–water partition coefficient (Wildman–Crippen LogP) is 2.09. The van der Waals surface area contributed by atoms with Crippen molar-refractivity contribution in [1.29, 1.82) is 0 Å². The van der Waals surface area contributed by atoms with Crippen LogP contribution in [-0.4, -0.2) is 17.4 Å². The molecule has 0 aliphatic heterocycles. The molecule has 1 aromatic rings. The lowest BCUT2D eigenvalue weighted by atomic mass is 10.4. The molecule has 1 rings (SSSR count). The van der Waals surface area contributed by atoms with E-state index in [0.717, 1.165) is 12.3 Å². The summed E-state index contributed by atoms with van der Waals surface area (Å²) in [5, 5.41) is -0.472. The number of alkyl halides is 3. The van der Waals surface area contributed by atoms with Gasteiger partial charge in [0.15, 0.2) is 10.9 Å². The number of amides is 1. The van der Waals surface area contributed by atoms with Crippen molar-refractivity contribution in [3.8, 4) is 11.5 Å². The van der Waals surface area contributed by atoms with Gasteiger partial charge in [0.2, 0.25) is 5.75 Å². The average Bonchev–Trinajstić information content (AvgIpc) is 2.08. The second-order valence-electron chi connectivity index (χ2n) is 2.40. The van der Waals surface area contributed by atoms with E-state index in [-0.39, 0.29) is 0 Å². The largest absolute Gasteiger partial charge is 0.573 e. The van der Waals surface area contributed by atoms with Crippen LogP contribution in [0.5, 0.6) is 11.5 Å². The molecule has 0 aliphatic rings. The van der Waals surface area contributed by atoms with Gasteiger partial charge in [-0.25, -0.2) is 9.78 Å². The van der Waals surface area contributed by atoms with E-state index in [0.29, 0.717) is 0 Å². The Hall–Kier alpha value is -1.70. The number of hydrogen-bond acceptors (Lipinski definition) is 4. The van der Waals surface area contributed by atoms with Gasteiger partial charge in [-0.2, -0.15) is 0 Å². The Morgan fingerprint density at radius 1 is 1.50 bits per heavy atom. The highest BCUT2D eigenvalue weighted by molar-refractivity contribution is 6.31. The molecule has 0 saturated heterocycles. The van der Waals surface area contributed by atoms with Crippen LogP contribution in [0.25, 0.3) is 0 Å². The Morgan fingerprint density at radius 2 is 2.12 bits per heavy atom. The zero-order valence-corrected chi connectivity index (χ0v) is 8.17. The fourth-order valence-corrected chi connectivity index (χ4v) is 0.992. The molecule has 0 fully saturated rings. The molecule has 1 heterocycles. The number of rotatable bonds is 2. The molecule has 0 bridgehead atoms. The zero-order valence-electron chi connectivity index (χ0n) is 7.42. The fraction of sp³-hybridized carbons (Fsp3) is 0.143. The third-order valence-corrected chi connectivity index (χ3v) is 1.52. The van der Waals surface area contributed by atoms with Gasteiger partial charge in [0, 0.05) is 12.3 Å². The number of ether oxygens (including phenoxy) is 2. The minimum atomic E-state index is -4.94. The van der Waals surface area contributed by atoms with E-state index in [1.807, 2.05) is 0 Å². The summed E-state index contributed by atoms with van der Waals surface area (Å²) in [4.78, 5) is 13.8. The number of aromatic nitrogens is 1. The van der Waals surface area contributed by atoms with Crippen LogP contribution in [0.1, 0.15) is 0 Å². The van der Waals surface area contributed by atoms with Crippen LogP contribution in [0.3, 0.4) is 0 Å². The van der Waals surface area contributed by atoms with Crippen LogP contribution in [-0.2, 0) is 0 Å². The molecule has 0 aromatic carbocycles. The first-order valence-electron chi connectivity index (χ1n) is 3.67. The summed E-state index contributed by atoms with van der Waals surface area (Å²) in [6.07, 6.45) is -5.32. The molecular weight excluding hydrogens is 253 g/mol. The summed E-state index contributed by atoms with van der Waals surface area (Å²) in [6.45, 7) is 0. The molecule has 0 spiro atoms. The summed E-state index contributed by atoms with van der Waals surface area (Å²) in [6, 6.07) is 0.831. The van der Waals surface area contributed by atoms with Gasteiger partial charge in [-0.3, -0.25) is 0 Å². The highest BCUT2D eigenvalue weighted by Gasteiger charge is 2.33. The van der Waals surface area contributed by atoms with Crippen LogP contribution in [0.2, 0.25) is 5.15 Å². The first kappa shape index (κ1) is 12.4. The second-order valence-corrected chi connectivity index (χ2v) is 2.76. The minimum absolute atomic E-state index is 0.472. The maximum Gasteiger partial charge on any atom is 0.573 e. The van der Waals surface area contributed by atoms with Gasteiger partial charge < -0.3 is 15.2 Å². The van der Waals surface area contributed by atoms with E-state index in [9.17, 15) is 18.0 Å². The van der Waals surface area contributed by atoms with Crippen molar-refractivity contribution in [3.05, 3.63) is 17.4 Å². The summed E-state index contributed by atoms with van der Waals surface area (Å²) in [7, 11) is 0. The normalized spacial score (nSPS) is 11.0. The highest BCUT2D eigenvalue weighted by Crippen LogP contribution is 2.36. The minimum Gasteiger partial charge on any atom is -0.403 e. The number of pyridine rings is 1. The topological polar surface area (TPSA) is 74.4 Å². The Morgan fingerprint density at radius 3 is 2.62 bits per heavy atom. The Labute approximate surface area is 91.9 Å². The molecule has 9 heteroatoms. The maximum atomic E-state index is 11.9. The van der Waals surface area contributed by atoms with Crippen LogP contribution in [0.15, 0.2) is 12.3 Å². The number of nitrogens with zero attached hydrogens (tertiary/aromatic N) is 1. The Balaban J connectivity index is 3.07. The van der Waals surface area contributed by atoms with E-state index in [1.165, 1.54) is 0 Å². The van der Waals surface area contributed by atoms with Crippen molar-refractivity contribution in [1.82, 2.24) is 4.98 Å². The Bertz CT molecular complexity index is 410. The number of primary amides is 1. The van der Waals surface area contributed by atoms with Gasteiger partial charge in [-0.05, 0) is 0 Å². The molecule has 1 amide bonds. The Kier molecular flexibility index (Phi) is 3.43. The number of hydrogen-bond donors (Lipinski definition) is 1. The second kappa shape index (κ2) is 4.44. The van der Waals surface area contributed by atoms with Crippen molar-refractivity contribution in [2.75, 3.05) is 0 Å². The van der Waals surface area contributed by atoms with Gasteiger partial charge in [-0.1, -0.05) is 11.6 Å². The molecule has 0 saturated carbocycles.